The van der Waals surface area contributed by atoms with Crippen LogP contribution >= 0.6 is 15.9 Å². The number of benzene rings is 1. The first-order valence-corrected chi connectivity index (χ1v) is 7.30. The quantitative estimate of drug-likeness (QED) is 0.848. The van der Waals surface area contributed by atoms with Crippen LogP contribution in [0, 0.1) is 0 Å². The van der Waals surface area contributed by atoms with E-state index in [1.54, 1.807) is 18.2 Å². The number of nitrogen functional groups attached to an aromatic ring is 1. The molecule has 4 nitrogen and oxygen atoms in total. The van der Waals surface area contributed by atoms with Gasteiger partial charge in [0, 0.05) is 23.2 Å². The first-order valence-electron chi connectivity index (χ1n) is 5.07. The van der Waals surface area contributed by atoms with E-state index in [0.29, 0.717) is 28.1 Å². The third-order valence-electron chi connectivity index (χ3n) is 2.64. The van der Waals surface area contributed by atoms with Crippen molar-refractivity contribution >= 4 is 31.6 Å². The van der Waals surface area contributed by atoms with E-state index >= 15 is 0 Å². The predicted molar refractivity (Wildman–Crippen MR) is 66.5 cm³/mol. The van der Waals surface area contributed by atoms with Gasteiger partial charge >= 0.3 is 0 Å². The second-order valence-corrected chi connectivity index (χ2v) is 6.56. The molecule has 0 radical (unpaired) electrons. The van der Waals surface area contributed by atoms with E-state index < -0.39 is 10.0 Å². The molecule has 1 heterocycles. The summed E-state index contributed by atoms with van der Waals surface area (Å²) in [6.07, 6.45) is 1.87. The minimum absolute atomic E-state index is 0.295. The van der Waals surface area contributed by atoms with Crippen molar-refractivity contribution in [2.24, 2.45) is 0 Å². The van der Waals surface area contributed by atoms with Gasteiger partial charge in [-0.15, -0.1) is 0 Å². The SMILES string of the molecule is Nc1ccc(S(=O)(=O)N2CCCC2)c(Br)c1. The van der Waals surface area contributed by atoms with E-state index in [0.717, 1.165) is 12.8 Å². The maximum atomic E-state index is 12.2. The van der Waals surface area contributed by atoms with Crippen molar-refractivity contribution in [1.29, 1.82) is 0 Å². The molecule has 1 aromatic carbocycles. The Kier molecular flexibility index (Phi) is 3.23. The first kappa shape index (κ1) is 11.9. The van der Waals surface area contributed by atoms with Crippen molar-refractivity contribution in [3.05, 3.63) is 22.7 Å². The second-order valence-electron chi connectivity index (χ2n) is 3.80. The molecule has 1 aliphatic heterocycles. The Bertz CT molecular complexity index is 496. The highest BCUT2D eigenvalue weighted by atomic mass is 79.9. The minimum Gasteiger partial charge on any atom is -0.399 e. The van der Waals surface area contributed by atoms with Gasteiger partial charge in [0.05, 0.1) is 4.90 Å². The zero-order valence-corrected chi connectivity index (χ0v) is 11.1. The van der Waals surface area contributed by atoms with Crippen LogP contribution in [0.15, 0.2) is 27.6 Å². The number of nitrogens with two attached hydrogens (primary N) is 1. The monoisotopic (exact) mass is 304 g/mol. The highest BCUT2D eigenvalue weighted by Gasteiger charge is 2.28. The number of anilines is 1. The molecule has 16 heavy (non-hydrogen) atoms. The molecule has 0 aliphatic carbocycles. The Hall–Kier alpha value is -0.590. The molecule has 2 rings (SSSR count). The predicted octanol–water partition coefficient (Wildman–Crippen LogP) is 1.82. The molecule has 0 bridgehead atoms. The van der Waals surface area contributed by atoms with Gasteiger partial charge in [-0.1, -0.05) is 0 Å². The van der Waals surface area contributed by atoms with Crippen LogP contribution in [0.2, 0.25) is 0 Å². The van der Waals surface area contributed by atoms with E-state index in [1.807, 2.05) is 0 Å². The van der Waals surface area contributed by atoms with Gasteiger partial charge < -0.3 is 5.73 Å². The summed E-state index contributed by atoms with van der Waals surface area (Å²) in [5.74, 6) is 0. The average molecular weight is 305 g/mol. The van der Waals surface area contributed by atoms with E-state index in [1.165, 1.54) is 4.31 Å². The number of rotatable bonds is 2. The zero-order valence-electron chi connectivity index (χ0n) is 8.69. The fraction of sp³-hybridized carbons (Fsp3) is 0.400. The Balaban J connectivity index is 2.42. The summed E-state index contributed by atoms with van der Waals surface area (Å²) in [6.45, 7) is 1.22. The molecule has 1 aliphatic rings. The van der Waals surface area contributed by atoms with E-state index in [9.17, 15) is 8.42 Å². The van der Waals surface area contributed by atoms with Gasteiger partial charge in [-0.3, -0.25) is 0 Å². The first-order chi connectivity index (χ1) is 7.51. The van der Waals surface area contributed by atoms with Gasteiger partial charge in [0.2, 0.25) is 10.0 Å². The maximum absolute atomic E-state index is 12.2. The topological polar surface area (TPSA) is 63.4 Å². The largest absolute Gasteiger partial charge is 0.399 e. The Morgan fingerprint density at radius 2 is 1.88 bits per heavy atom. The molecule has 88 valence electrons. The molecule has 1 saturated heterocycles. The molecule has 0 aromatic heterocycles. The molecule has 6 heteroatoms. The van der Waals surface area contributed by atoms with Crippen molar-refractivity contribution in [2.75, 3.05) is 18.8 Å². The third kappa shape index (κ3) is 2.09. The fourth-order valence-corrected chi connectivity index (χ4v) is 4.37. The summed E-state index contributed by atoms with van der Waals surface area (Å²) in [4.78, 5) is 0.295. The zero-order chi connectivity index (χ0) is 11.8. The number of hydrogen-bond acceptors (Lipinski definition) is 3. The molecular weight excluding hydrogens is 292 g/mol. The van der Waals surface area contributed by atoms with E-state index in [4.69, 9.17) is 5.73 Å². The van der Waals surface area contributed by atoms with E-state index in [2.05, 4.69) is 15.9 Å². The minimum atomic E-state index is -3.36. The number of halogens is 1. The second kappa shape index (κ2) is 4.35. The van der Waals surface area contributed by atoms with Crippen LogP contribution in [-0.4, -0.2) is 25.8 Å². The molecule has 0 spiro atoms. The summed E-state index contributed by atoms with van der Waals surface area (Å²) in [7, 11) is -3.36. The van der Waals surface area contributed by atoms with Gasteiger partial charge in [0.15, 0.2) is 0 Å². The lowest BCUT2D eigenvalue weighted by atomic mass is 10.3. The van der Waals surface area contributed by atoms with Crippen molar-refractivity contribution in [2.45, 2.75) is 17.7 Å². The number of hydrogen-bond donors (Lipinski definition) is 1. The van der Waals surface area contributed by atoms with Gasteiger partial charge in [-0.25, -0.2) is 8.42 Å². The highest BCUT2D eigenvalue weighted by Crippen LogP contribution is 2.28. The van der Waals surface area contributed by atoms with Crippen molar-refractivity contribution < 1.29 is 8.42 Å². The van der Waals surface area contributed by atoms with E-state index in [-0.39, 0.29) is 0 Å². The van der Waals surface area contributed by atoms with Crippen LogP contribution < -0.4 is 5.73 Å². The Morgan fingerprint density at radius 3 is 2.44 bits per heavy atom. The average Bonchev–Trinajstić information content (AvgIpc) is 2.69. The van der Waals surface area contributed by atoms with Gasteiger partial charge in [-0.2, -0.15) is 4.31 Å². The Morgan fingerprint density at radius 1 is 1.25 bits per heavy atom. The van der Waals surface area contributed by atoms with Crippen LogP contribution in [-0.2, 0) is 10.0 Å². The summed E-state index contributed by atoms with van der Waals surface area (Å²) in [5, 5.41) is 0. The highest BCUT2D eigenvalue weighted by molar-refractivity contribution is 9.10. The van der Waals surface area contributed by atoms with Crippen LogP contribution in [0.5, 0.6) is 0 Å². The molecule has 0 unspecified atom stereocenters. The lowest BCUT2D eigenvalue weighted by Crippen LogP contribution is -2.28. The lowest BCUT2D eigenvalue weighted by molar-refractivity contribution is 0.477. The molecule has 0 atom stereocenters. The molecular formula is C10H13BrN2O2S. The standard InChI is InChI=1S/C10H13BrN2O2S/c11-9-7-8(12)3-4-10(9)16(14,15)13-5-1-2-6-13/h3-4,7H,1-2,5-6,12H2. The van der Waals surface area contributed by atoms with Gasteiger partial charge in [-0.05, 0) is 47.0 Å². The van der Waals surface area contributed by atoms with Crippen molar-refractivity contribution in [3.63, 3.8) is 0 Å². The molecule has 1 fully saturated rings. The summed E-state index contributed by atoms with van der Waals surface area (Å²) >= 11 is 3.24. The van der Waals surface area contributed by atoms with Gasteiger partial charge in [0.25, 0.3) is 0 Å². The van der Waals surface area contributed by atoms with Crippen molar-refractivity contribution in [1.82, 2.24) is 4.31 Å². The normalized spacial score (nSPS) is 17.8. The third-order valence-corrected chi connectivity index (χ3v) is 5.51. The molecule has 0 saturated carbocycles. The van der Waals surface area contributed by atoms with Crippen LogP contribution in [0.25, 0.3) is 0 Å². The summed E-state index contributed by atoms with van der Waals surface area (Å²) < 4.78 is 26.5. The number of sulfonamides is 1. The van der Waals surface area contributed by atoms with Gasteiger partial charge in [0.1, 0.15) is 0 Å². The lowest BCUT2D eigenvalue weighted by Gasteiger charge is -2.16. The molecule has 1 aromatic rings. The fourth-order valence-electron chi connectivity index (χ4n) is 1.79. The van der Waals surface area contributed by atoms with Crippen LogP contribution in [0.3, 0.4) is 0 Å². The number of nitrogens with zero attached hydrogens (tertiary/aromatic N) is 1. The van der Waals surface area contributed by atoms with Crippen LogP contribution in [0.1, 0.15) is 12.8 Å². The molecule has 0 amide bonds. The van der Waals surface area contributed by atoms with Crippen molar-refractivity contribution in [3.8, 4) is 0 Å². The maximum Gasteiger partial charge on any atom is 0.244 e. The summed E-state index contributed by atoms with van der Waals surface area (Å²) in [5.41, 5.74) is 6.13. The smallest absolute Gasteiger partial charge is 0.244 e. The Labute approximate surface area is 104 Å². The summed E-state index contributed by atoms with van der Waals surface area (Å²) in [6, 6.07) is 4.77. The van der Waals surface area contributed by atoms with Crippen LogP contribution in [0.4, 0.5) is 5.69 Å². The molecule has 2 N–H and O–H groups in total.